The van der Waals surface area contributed by atoms with Crippen LogP contribution in [0.15, 0.2) is 27.4 Å². The smallest absolute Gasteiger partial charge is 0.318 e. The zero-order valence-electron chi connectivity index (χ0n) is 9.59. The summed E-state index contributed by atoms with van der Waals surface area (Å²) in [5, 5.41) is 8.75. The van der Waals surface area contributed by atoms with E-state index in [-0.39, 0.29) is 11.4 Å². The van der Waals surface area contributed by atoms with Crippen molar-refractivity contribution in [2.24, 2.45) is 0 Å². The Balaban J connectivity index is 3.20. The van der Waals surface area contributed by atoms with Crippen LogP contribution in [-0.4, -0.2) is 36.9 Å². The van der Waals surface area contributed by atoms with Gasteiger partial charge in [0.25, 0.3) is 0 Å². The monoisotopic (exact) mass is 353 g/mol. The van der Waals surface area contributed by atoms with E-state index in [2.05, 4.69) is 22.5 Å². The van der Waals surface area contributed by atoms with Crippen molar-refractivity contribution in [3.05, 3.63) is 27.4 Å². The summed E-state index contributed by atoms with van der Waals surface area (Å²) in [6, 6.07) is 1.48. The van der Waals surface area contributed by atoms with Gasteiger partial charge < -0.3 is 5.11 Å². The number of carboxylic acid groups (broad SMARTS) is 1. The normalized spacial score (nSPS) is 11.7. The van der Waals surface area contributed by atoms with Gasteiger partial charge in [-0.3, -0.25) is 4.79 Å². The molecule has 5 nitrogen and oxygen atoms in total. The van der Waals surface area contributed by atoms with Crippen LogP contribution in [0.4, 0.5) is 0 Å². The number of nitrogens with zero attached hydrogens (tertiary/aromatic N) is 1. The quantitative estimate of drug-likeness (QED) is 0.794. The van der Waals surface area contributed by atoms with Crippen LogP contribution < -0.4 is 0 Å². The Morgan fingerprint density at radius 3 is 2.67 bits per heavy atom. The minimum Gasteiger partial charge on any atom is -0.480 e. The van der Waals surface area contributed by atoms with Crippen molar-refractivity contribution in [2.45, 2.75) is 11.8 Å². The molecule has 0 spiro atoms. The highest BCUT2D eigenvalue weighted by Crippen LogP contribution is 2.31. The van der Waals surface area contributed by atoms with Crippen LogP contribution in [-0.2, 0) is 14.8 Å². The zero-order valence-corrected chi connectivity index (χ0v) is 12.8. The molecule has 100 valence electrons. The Hall–Kier alpha value is -0.700. The van der Waals surface area contributed by atoms with Crippen molar-refractivity contribution >= 4 is 43.3 Å². The summed E-state index contributed by atoms with van der Waals surface area (Å²) in [7, 11) is -3.81. The van der Waals surface area contributed by atoms with Gasteiger partial charge >= 0.3 is 5.97 Å². The fourth-order valence-corrected chi connectivity index (χ4v) is 5.11. The number of thiophene rings is 1. The van der Waals surface area contributed by atoms with Gasteiger partial charge in [0.15, 0.2) is 0 Å². The van der Waals surface area contributed by atoms with Crippen molar-refractivity contribution < 1.29 is 18.3 Å². The molecule has 1 rings (SSSR count). The van der Waals surface area contributed by atoms with Crippen molar-refractivity contribution in [3.63, 3.8) is 0 Å². The maximum Gasteiger partial charge on any atom is 0.318 e. The molecule has 1 N–H and O–H groups in total. The van der Waals surface area contributed by atoms with Gasteiger partial charge in [-0.25, -0.2) is 8.42 Å². The van der Waals surface area contributed by atoms with Crippen molar-refractivity contribution in [2.75, 3.05) is 13.1 Å². The van der Waals surface area contributed by atoms with Crippen molar-refractivity contribution in [3.8, 4) is 0 Å². The van der Waals surface area contributed by atoms with E-state index in [1.165, 1.54) is 23.5 Å². The van der Waals surface area contributed by atoms with E-state index in [0.29, 0.717) is 8.66 Å². The lowest BCUT2D eigenvalue weighted by atomic mass is 10.5. The predicted octanol–water partition coefficient (Wildman–Crippen LogP) is 2.08. The van der Waals surface area contributed by atoms with Crippen molar-refractivity contribution in [1.82, 2.24) is 4.31 Å². The number of halogens is 1. The number of aliphatic carboxylic acids is 1. The maximum atomic E-state index is 12.3. The highest BCUT2D eigenvalue weighted by molar-refractivity contribution is 9.11. The molecule has 1 heterocycles. The molecule has 0 amide bonds. The minimum atomic E-state index is -3.81. The molecule has 0 saturated heterocycles. The third-order valence-corrected chi connectivity index (χ3v) is 5.72. The molecule has 0 aromatic carbocycles. The number of hydrogen-bond acceptors (Lipinski definition) is 4. The number of rotatable bonds is 6. The molecule has 1 aromatic heterocycles. The number of carbonyl (C=O) groups is 1. The first-order chi connectivity index (χ1) is 8.28. The largest absolute Gasteiger partial charge is 0.480 e. The Morgan fingerprint density at radius 2 is 2.28 bits per heavy atom. The van der Waals surface area contributed by atoms with Gasteiger partial charge in [0.1, 0.15) is 6.54 Å². The molecule has 0 bridgehead atoms. The summed E-state index contributed by atoms with van der Waals surface area (Å²) in [5.41, 5.74) is 0. The summed E-state index contributed by atoms with van der Waals surface area (Å²) in [4.78, 5) is 11.4. The fraction of sp³-hybridized carbons (Fsp3) is 0.300. The average molecular weight is 354 g/mol. The van der Waals surface area contributed by atoms with E-state index in [9.17, 15) is 13.2 Å². The van der Waals surface area contributed by atoms with E-state index in [0.717, 1.165) is 4.31 Å². The van der Waals surface area contributed by atoms with E-state index >= 15 is 0 Å². The summed E-state index contributed by atoms with van der Waals surface area (Å²) < 4.78 is 26.2. The van der Waals surface area contributed by atoms with E-state index in [1.54, 1.807) is 6.92 Å². The van der Waals surface area contributed by atoms with Crippen LogP contribution in [0.1, 0.15) is 4.88 Å². The molecule has 0 aliphatic heterocycles. The molecule has 0 atom stereocenters. The van der Waals surface area contributed by atoms with Gasteiger partial charge in [0.05, 0.1) is 8.68 Å². The van der Waals surface area contributed by atoms with Gasteiger partial charge in [-0.1, -0.05) is 6.08 Å². The number of carboxylic acids is 1. The number of hydrogen-bond donors (Lipinski definition) is 1. The molecular weight excluding hydrogens is 342 g/mol. The standard InChI is InChI=1S/C10H12BrNO4S2/c1-3-4-12(6-10(13)14)18(15,16)8-5-9(11)17-7(8)2/h3,5H,1,4,6H2,2H3,(H,13,14). The first-order valence-electron chi connectivity index (χ1n) is 4.87. The van der Waals surface area contributed by atoms with Crippen LogP contribution in [0.3, 0.4) is 0 Å². The fourth-order valence-electron chi connectivity index (χ4n) is 1.37. The van der Waals surface area contributed by atoms with Crippen LogP contribution in [0.2, 0.25) is 0 Å². The molecule has 0 fully saturated rings. The summed E-state index contributed by atoms with van der Waals surface area (Å²) in [6.45, 7) is 4.49. The highest BCUT2D eigenvalue weighted by Gasteiger charge is 2.28. The summed E-state index contributed by atoms with van der Waals surface area (Å²) >= 11 is 4.50. The maximum absolute atomic E-state index is 12.3. The van der Waals surface area contributed by atoms with E-state index < -0.39 is 22.5 Å². The van der Waals surface area contributed by atoms with Gasteiger partial charge in [0, 0.05) is 11.4 Å². The van der Waals surface area contributed by atoms with Crippen LogP contribution in [0, 0.1) is 6.92 Å². The highest BCUT2D eigenvalue weighted by atomic mass is 79.9. The minimum absolute atomic E-state index is 0.0401. The third kappa shape index (κ3) is 3.41. The van der Waals surface area contributed by atoms with Gasteiger partial charge in [-0.2, -0.15) is 4.31 Å². The second-order valence-corrected chi connectivity index (χ2v) is 7.99. The molecule has 0 radical (unpaired) electrons. The van der Waals surface area contributed by atoms with Crippen molar-refractivity contribution in [1.29, 1.82) is 0 Å². The number of aryl methyl sites for hydroxylation is 1. The number of sulfonamides is 1. The lowest BCUT2D eigenvalue weighted by Crippen LogP contribution is -2.35. The van der Waals surface area contributed by atoms with Gasteiger partial charge in [0.2, 0.25) is 10.0 Å². The first kappa shape index (κ1) is 15.4. The van der Waals surface area contributed by atoms with Crippen LogP contribution >= 0.6 is 27.3 Å². The first-order valence-corrected chi connectivity index (χ1v) is 7.92. The van der Waals surface area contributed by atoms with Gasteiger partial charge in [-0.15, -0.1) is 17.9 Å². The Morgan fingerprint density at radius 1 is 1.67 bits per heavy atom. The molecule has 0 aliphatic rings. The molecular formula is C10H12BrNO4S2. The second-order valence-electron chi connectivity index (χ2n) is 3.45. The Bertz CT molecular complexity index is 564. The second kappa shape index (κ2) is 5.96. The average Bonchev–Trinajstić information content (AvgIpc) is 2.57. The SMILES string of the molecule is C=CCN(CC(=O)O)S(=O)(=O)c1cc(Br)sc1C. The van der Waals surface area contributed by atoms with E-state index in [1.807, 2.05) is 0 Å². The van der Waals surface area contributed by atoms with Crippen LogP contribution in [0.5, 0.6) is 0 Å². The molecule has 8 heteroatoms. The molecule has 1 aromatic rings. The van der Waals surface area contributed by atoms with E-state index in [4.69, 9.17) is 5.11 Å². The Kier molecular flexibility index (Phi) is 5.09. The van der Waals surface area contributed by atoms with Gasteiger partial charge in [-0.05, 0) is 28.9 Å². The van der Waals surface area contributed by atoms with Crippen LogP contribution in [0.25, 0.3) is 0 Å². The third-order valence-electron chi connectivity index (χ3n) is 2.10. The molecule has 18 heavy (non-hydrogen) atoms. The zero-order chi connectivity index (χ0) is 13.9. The summed E-state index contributed by atoms with van der Waals surface area (Å²) in [5.74, 6) is -1.20. The Labute approximate surface area is 118 Å². The molecule has 0 saturated carbocycles. The lowest BCUT2D eigenvalue weighted by molar-refractivity contribution is -0.137. The summed E-state index contributed by atoms with van der Waals surface area (Å²) in [6.07, 6.45) is 1.36. The topological polar surface area (TPSA) is 74.7 Å². The molecule has 0 unspecified atom stereocenters. The lowest BCUT2D eigenvalue weighted by Gasteiger charge is -2.18. The predicted molar refractivity (Wildman–Crippen MR) is 73.3 cm³/mol. The molecule has 0 aliphatic carbocycles.